The van der Waals surface area contributed by atoms with E-state index in [1.165, 1.54) is 11.6 Å². The second-order valence-corrected chi connectivity index (χ2v) is 8.57. The number of nitrogens with zero attached hydrogens (tertiary/aromatic N) is 2. The first-order valence-electron chi connectivity index (χ1n) is 13.6. The number of pyridine rings is 1. The molecule has 35 heavy (non-hydrogen) atoms. The molecule has 0 aliphatic carbocycles. The Morgan fingerprint density at radius 1 is 0.914 bits per heavy atom. The summed E-state index contributed by atoms with van der Waals surface area (Å²) in [7, 11) is 1.43. The van der Waals surface area contributed by atoms with Crippen molar-refractivity contribution in [3.63, 3.8) is 0 Å². The van der Waals surface area contributed by atoms with Crippen molar-refractivity contribution in [2.24, 2.45) is 7.05 Å². The summed E-state index contributed by atoms with van der Waals surface area (Å²) in [6, 6.07) is 22.7. The Labute approximate surface area is 209 Å². The standard InChI is InChI=1S/C31H22FN2O/c1-18-11-13-24-25-14-12-21(16-33)29(23-10-6-8-20-7-4-5-9-22(20)23)31(25)35-30(24)28(18)27-15-19(2)26(32)17-34(27)3/h4-15,17H,1-3H3/q+1/i2D3,15D,17D. The molecule has 0 aliphatic rings. The molecule has 0 spiro atoms. The summed E-state index contributed by atoms with van der Waals surface area (Å²) in [6.07, 6.45) is -0.646. The lowest BCUT2D eigenvalue weighted by Gasteiger charge is -2.09. The average Bonchev–Trinajstić information content (AvgIpc) is 3.30. The van der Waals surface area contributed by atoms with Gasteiger partial charge in [0, 0.05) is 26.5 Å². The summed E-state index contributed by atoms with van der Waals surface area (Å²) in [4.78, 5) is 0. The van der Waals surface area contributed by atoms with E-state index in [0.717, 1.165) is 21.7 Å². The molecule has 0 unspecified atom stereocenters. The van der Waals surface area contributed by atoms with Gasteiger partial charge in [-0.1, -0.05) is 54.6 Å². The van der Waals surface area contributed by atoms with Crippen LogP contribution in [0.15, 0.2) is 83.4 Å². The van der Waals surface area contributed by atoms with Gasteiger partial charge in [-0.3, -0.25) is 0 Å². The molecule has 6 aromatic rings. The highest BCUT2D eigenvalue weighted by atomic mass is 19.1. The van der Waals surface area contributed by atoms with E-state index in [2.05, 4.69) is 6.07 Å². The average molecular weight is 463 g/mol. The third-order valence-electron chi connectivity index (χ3n) is 6.50. The van der Waals surface area contributed by atoms with Crippen LogP contribution in [0, 0.1) is 30.9 Å². The Morgan fingerprint density at radius 2 is 1.66 bits per heavy atom. The fraction of sp³-hybridized carbons (Fsp3) is 0.0968. The van der Waals surface area contributed by atoms with Crippen LogP contribution in [0.5, 0.6) is 0 Å². The van der Waals surface area contributed by atoms with Crippen LogP contribution in [0.1, 0.15) is 23.5 Å². The van der Waals surface area contributed by atoms with E-state index < -0.39 is 30.4 Å². The number of aromatic nitrogens is 1. The molecule has 0 aliphatic heterocycles. The summed E-state index contributed by atoms with van der Waals surface area (Å²) in [5.41, 5.74) is 3.00. The molecule has 168 valence electrons. The third kappa shape index (κ3) is 3.13. The maximum Gasteiger partial charge on any atom is 0.216 e. The van der Waals surface area contributed by atoms with Crippen LogP contribution >= 0.6 is 0 Å². The number of halogens is 1. The Morgan fingerprint density at radius 3 is 2.46 bits per heavy atom. The van der Waals surface area contributed by atoms with Gasteiger partial charge >= 0.3 is 0 Å². The molecule has 0 radical (unpaired) electrons. The zero-order valence-electron chi connectivity index (χ0n) is 24.0. The van der Waals surface area contributed by atoms with Gasteiger partial charge in [-0.2, -0.15) is 9.83 Å². The number of rotatable bonds is 2. The second kappa shape index (κ2) is 7.78. The number of hydrogen-bond acceptors (Lipinski definition) is 2. The summed E-state index contributed by atoms with van der Waals surface area (Å²) in [5, 5.41) is 13.4. The number of furan rings is 1. The maximum absolute atomic E-state index is 15.0. The molecule has 0 atom stereocenters. The smallest absolute Gasteiger partial charge is 0.216 e. The topological polar surface area (TPSA) is 40.8 Å². The fourth-order valence-electron chi connectivity index (χ4n) is 4.85. The Hall–Kier alpha value is -4.49. The maximum atomic E-state index is 15.0. The lowest BCUT2D eigenvalue weighted by atomic mass is 9.93. The summed E-state index contributed by atoms with van der Waals surface area (Å²) in [5.74, 6) is -1.25. The molecule has 2 aromatic heterocycles. The molecule has 0 bridgehead atoms. The minimum absolute atomic E-state index is 0.0619. The first-order valence-corrected chi connectivity index (χ1v) is 11.1. The lowest BCUT2D eigenvalue weighted by molar-refractivity contribution is -0.662. The highest BCUT2D eigenvalue weighted by molar-refractivity contribution is 6.15. The van der Waals surface area contributed by atoms with Crippen molar-refractivity contribution in [1.82, 2.24) is 0 Å². The minimum atomic E-state index is -2.93. The van der Waals surface area contributed by atoms with Crippen molar-refractivity contribution in [1.29, 1.82) is 5.26 Å². The van der Waals surface area contributed by atoms with Gasteiger partial charge in [0.15, 0.2) is 5.82 Å². The van der Waals surface area contributed by atoms with E-state index in [1.807, 2.05) is 60.7 Å². The van der Waals surface area contributed by atoms with E-state index >= 15 is 4.39 Å². The SMILES string of the molecule is [2H]c1c(C([2H])([2H])[2H])c(F)c([2H])[n+](C)c1-c1c(C)ccc2c1oc1c(-c3cccc4ccccc34)c(C#N)ccc12. The number of fused-ring (bicyclic) bond motifs is 4. The molecule has 0 fully saturated rings. The quantitative estimate of drug-likeness (QED) is 0.250. The molecule has 0 saturated carbocycles. The fourth-order valence-corrected chi connectivity index (χ4v) is 4.85. The van der Waals surface area contributed by atoms with Crippen LogP contribution in [0.3, 0.4) is 0 Å². The van der Waals surface area contributed by atoms with Gasteiger partial charge in [0.1, 0.15) is 19.6 Å². The molecule has 2 heterocycles. The molecule has 6 rings (SSSR count). The van der Waals surface area contributed by atoms with Crippen molar-refractivity contribution >= 4 is 32.7 Å². The Bertz CT molecular complexity index is 2070. The van der Waals surface area contributed by atoms with E-state index in [-0.39, 0.29) is 5.69 Å². The molecule has 0 amide bonds. The van der Waals surface area contributed by atoms with E-state index in [1.54, 1.807) is 13.0 Å². The van der Waals surface area contributed by atoms with Gasteiger partial charge in [-0.15, -0.1) is 0 Å². The first-order chi connectivity index (χ1) is 19.0. The molecule has 4 aromatic carbocycles. The minimum Gasteiger partial charge on any atom is -0.454 e. The zero-order chi connectivity index (χ0) is 28.5. The Kier molecular flexibility index (Phi) is 3.60. The first kappa shape index (κ1) is 16.2. The van der Waals surface area contributed by atoms with Gasteiger partial charge in [0.2, 0.25) is 11.9 Å². The van der Waals surface area contributed by atoms with Crippen molar-refractivity contribution < 1.29 is 20.2 Å². The van der Waals surface area contributed by atoms with Gasteiger partial charge in [-0.25, -0.2) is 4.39 Å². The molecule has 0 saturated heterocycles. The molecular weight excluding hydrogens is 435 g/mol. The van der Waals surface area contributed by atoms with Crippen LogP contribution in [0.4, 0.5) is 4.39 Å². The van der Waals surface area contributed by atoms with E-state index in [9.17, 15) is 5.26 Å². The van der Waals surface area contributed by atoms with Gasteiger partial charge in [0.05, 0.1) is 18.6 Å². The van der Waals surface area contributed by atoms with Crippen molar-refractivity contribution in [2.75, 3.05) is 0 Å². The van der Waals surface area contributed by atoms with Crippen molar-refractivity contribution in [3.8, 4) is 28.5 Å². The summed E-state index contributed by atoms with van der Waals surface area (Å²) < 4.78 is 63.3. The number of benzene rings is 4. The largest absolute Gasteiger partial charge is 0.454 e. The summed E-state index contributed by atoms with van der Waals surface area (Å²) in [6.45, 7) is -1.14. The van der Waals surface area contributed by atoms with Gasteiger partial charge in [-0.05, 0) is 53.4 Å². The second-order valence-electron chi connectivity index (χ2n) is 8.57. The van der Waals surface area contributed by atoms with Crippen LogP contribution < -0.4 is 4.57 Å². The molecule has 3 nitrogen and oxygen atoms in total. The van der Waals surface area contributed by atoms with Crippen LogP contribution in [-0.2, 0) is 7.05 Å². The van der Waals surface area contributed by atoms with Crippen LogP contribution in [0.2, 0.25) is 0 Å². The van der Waals surface area contributed by atoms with Crippen molar-refractivity contribution in [3.05, 3.63) is 101 Å². The predicted molar refractivity (Wildman–Crippen MR) is 137 cm³/mol. The summed E-state index contributed by atoms with van der Waals surface area (Å²) >= 11 is 0. The van der Waals surface area contributed by atoms with Crippen molar-refractivity contribution in [2.45, 2.75) is 13.8 Å². The van der Waals surface area contributed by atoms with E-state index in [0.29, 0.717) is 38.8 Å². The lowest BCUT2D eigenvalue weighted by Crippen LogP contribution is -2.31. The molecule has 0 N–H and O–H groups in total. The molecular formula is C31H22FN2O+. The van der Waals surface area contributed by atoms with Crippen LogP contribution in [-0.4, -0.2) is 0 Å². The predicted octanol–water partition coefficient (Wildman–Crippen LogP) is 7.53. The number of aryl methyl sites for hydroxylation is 1. The molecule has 4 heteroatoms. The highest BCUT2D eigenvalue weighted by Crippen LogP contribution is 2.43. The Balaban J connectivity index is 1.78. The number of nitriles is 1. The highest BCUT2D eigenvalue weighted by Gasteiger charge is 2.24. The zero-order valence-corrected chi connectivity index (χ0v) is 19.0. The third-order valence-corrected chi connectivity index (χ3v) is 6.50. The normalized spacial score (nSPS) is 13.8. The number of hydrogen-bond donors (Lipinski definition) is 0. The monoisotopic (exact) mass is 462 g/mol. The van der Waals surface area contributed by atoms with Crippen LogP contribution in [0.25, 0.3) is 55.1 Å². The van der Waals surface area contributed by atoms with Gasteiger partial charge < -0.3 is 4.42 Å². The van der Waals surface area contributed by atoms with Gasteiger partial charge in [0.25, 0.3) is 0 Å². The van der Waals surface area contributed by atoms with E-state index in [4.69, 9.17) is 11.3 Å².